The van der Waals surface area contributed by atoms with Crippen LogP contribution in [0.25, 0.3) is 0 Å². The van der Waals surface area contributed by atoms with Gasteiger partial charge >= 0.3 is 0 Å². The lowest BCUT2D eigenvalue weighted by Crippen LogP contribution is -2.41. The maximum absolute atomic E-state index is 5.82. The molecule has 1 spiro atoms. The molecule has 2 aliphatic rings. The van der Waals surface area contributed by atoms with Crippen molar-refractivity contribution >= 4 is 5.96 Å². The van der Waals surface area contributed by atoms with Crippen LogP contribution in [0.5, 0.6) is 5.75 Å². The van der Waals surface area contributed by atoms with Gasteiger partial charge in [0, 0.05) is 37.9 Å². The molecule has 154 valence electrons. The second-order valence-corrected chi connectivity index (χ2v) is 7.90. The summed E-state index contributed by atoms with van der Waals surface area (Å²) in [5.41, 5.74) is 2.43. The standard InChI is InChI=1S/C23H30N4O2/c1-2-24-22(27-13-10-23(17-27)11-14-28-18-23)26-15-19-6-8-21(9-7-19)29-16-20-5-3-4-12-25-20/h3-9,12H,2,10-11,13-18H2,1H3,(H,24,26). The number of guanidine groups is 1. The number of nitrogens with one attached hydrogen (secondary N) is 1. The minimum atomic E-state index is 0.336. The number of hydrogen-bond donors (Lipinski definition) is 1. The molecule has 6 heteroatoms. The third-order valence-electron chi connectivity index (χ3n) is 5.71. The number of likely N-dealkylation sites (tertiary alicyclic amines) is 1. The van der Waals surface area contributed by atoms with E-state index in [2.05, 4.69) is 34.3 Å². The third kappa shape index (κ3) is 5.07. The van der Waals surface area contributed by atoms with Gasteiger partial charge in [0.05, 0.1) is 18.8 Å². The molecular weight excluding hydrogens is 364 g/mol. The summed E-state index contributed by atoms with van der Waals surface area (Å²) in [6.45, 7) is 8.01. The Hall–Kier alpha value is -2.60. The summed E-state index contributed by atoms with van der Waals surface area (Å²) >= 11 is 0. The molecule has 29 heavy (non-hydrogen) atoms. The number of aliphatic imine (C=N–C) groups is 1. The van der Waals surface area contributed by atoms with Crippen molar-refractivity contribution in [1.29, 1.82) is 0 Å². The zero-order chi connectivity index (χ0) is 19.9. The summed E-state index contributed by atoms with van der Waals surface area (Å²) < 4.78 is 11.5. The normalized spacial score (nSPS) is 21.7. The van der Waals surface area contributed by atoms with E-state index < -0.39 is 0 Å². The van der Waals surface area contributed by atoms with Crippen LogP contribution >= 0.6 is 0 Å². The summed E-state index contributed by atoms with van der Waals surface area (Å²) in [6, 6.07) is 14.0. The molecule has 1 aromatic heterocycles. The summed E-state index contributed by atoms with van der Waals surface area (Å²) in [7, 11) is 0. The van der Waals surface area contributed by atoms with Crippen LogP contribution in [0.2, 0.25) is 0 Å². The lowest BCUT2D eigenvalue weighted by molar-refractivity contribution is 0.156. The summed E-state index contributed by atoms with van der Waals surface area (Å²) in [5, 5.41) is 3.45. The van der Waals surface area contributed by atoms with Crippen molar-refractivity contribution in [3.05, 3.63) is 59.9 Å². The molecule has 6 nitrogen and oxygen atoms in total. The van der Waals surface area contributed by atoms with Gasteiger partial charge in [0.1, 0.15) is 12.4 Å². The van der Waals surface area contributed by atoms with Crippen LogP contribution in [-0.4, -0.2) is 48.7 Å². The number of rotatable bonds is 6. The first kappa shape index (κ1) is 19.7. The Morgan fingerprint density at radius 1 is 1.24 bits per heavy atom. The highest BCUT2D eigenvalue weighted by Gasteiger charge is 2.42. The van der Waals surface area contributed by atoms with Gasteiger partial charge in [0.25, 0.3) is 0 Å². The van der Waals surface area contributed by atoms with E-state index in [1.165, 1.54) is 18.4 Å². The Morgan fingerprint density at radius 3 is 2.86 bits per heavy atom. The van der Waals surface area contributed by atoms with E-state index >= 15 is 0 Å². The first-order valence-corrected chi connectivity index (χ1v) is 10.5. The second kappa shape index (κ2) is 9.27. The monoisotopic (exact) mass is 394 g/mol. The molecule has 1 aromatic carbocycles. The quantitative estimate of drug-likeness (QED) is 0.602. The lowest BCUT2D eigenvalue weighted by Gasteiger charge is -2.25. The van der Waals surface area contributed by atoms with Gasteiger partial charge in [0.15, 0.2) is 5.96 Å². The second-order valence-electron chi connectivity index (χ2n) is 7.90. The fraction of sp³-hybridized carbons (Fsp3) is 0.478. The fourth-order valence-corrected chi connectivity index (χ4v) is 4.01. The van der Waals surface area contributed by atoms with Crippen molar-refractivity contribution in [3.8, 4) is 5.75 Å². The van der Waals surface area contributed by atoms with E-state index in [1.54, 1.807) is 6.20 Å². The molecule has 2 fully saturated rings. The summed E-state index contributed by atoms with van der Waals surface area (Å²) in [4.78, 5) is 11.6. The highest BCUT2D eigenvalue weighted by molar-refractivity contribution is 5.80. The molecule has 0 bridgehead atoms. The van der Waals surface area contributed by atoms with E-state index in [0.29, 0.717) is 18.6 Å². The molecule has 4 rings (SSSR count). The molecule has 2 aromatic rings. The van der Waals surface area contributed by atoms with Crippen LogP contribution in [0.15, 0.2) is 53.7 Å². The number of hydrogen-bond acceptors (Lipinski definition) is 4. The molecule has 0 amide bonds. The maximum Gasteiger partial charge on any atom is 0.194 e. The molecule has 1 unspecified atom stereocenters. The fourth-order valence-electron chi connectivity index (χ4n) is 4.01. The average Bonchev–Trinajstić information content (AvgIpc) is 3.41. The molecule has 2 saturated heterocycles. The Kier molecular flexibility index (Phi) is 6.30. The van der Waals surface area contributed by atoms with Crippen molar-refractivity contribution in [2.24, 2.45) is 10.4 Å². The van der Waals surface area contributed by atoms with Crippen molar-refractivity contribution in [1.82, 2.24) is 15.2 Å². The summed E-state index contributed by atoms with van der Waals surface area (Å²) in [6.07, 6.45) is 4.15. The van der Waals surface area contributed by atoms with E-state index in [-0.39, 0.29) is 0 Å². The molecule has 1 N–H and O–H groups in total. The van der Waals surface area contributed by atoms with Crippen molar-refractivity contribution in [2.75, 3.05) is 32.8 Å². The predicted octanol–water partition coefficient (Wildman–Crippen LogP) is 3.24. The van der Waals surface area contributed by atoms with Crippen LogP contribution in [-0.2, 0) is 17.9 Å². The molecule has 3 heterocycles. The third-order valence-corrected chi connectivity index (χ3v) is 5.71. The van der Waals surface area contributed by atoms with Gasteiger partial charge < -0.3 is 19.7 Å². The van der Waals surface area contributed by atoms with Crippen LogP contribution in [0.1, 0.15) is 31.0 Å². The summed E-state index contributed by atoms with van der Waals surface area (Å²) in [5.74, 6) is 1.85. The van der Waals surface area contributed by atoms with Crippen LogP contribution < -0.4 is 10.1 Å². The highest BCUT2D eigenvalue weighted by atomic mass is 16.5. The average molecular weight is 395 g/mol. The van der Waals surface area contributed by atoms with E-state index in [9.17, 15) is 0 Å². The Morgan fingerprint density at radius 2 is 2.14 bits per heavy atom. The van der Waals surface area contributed by atoms with Gasteiger partial charge in [0.2, 0.25) is 0 Å². The Bertz CT molecular complexity index is 801. The van der Waals surface area contributed by atoms with Crippen LogP contribution in [0, 0.1) is 5.41 Å². The first-order valence-electron chi connectivity index (χ1n) is 10.5. The van der Waals surface area contributed by atoms with Gasteiger partial charge in [-0.3, -0.25) is 4.98 Å². The largest absolute Gasteiger partial charge is 0.487 e. The molecule has 0 aliphatic carbocycles. The van der Waals surface area contributed by atoms with Crippen molar-refractivity contribution in [2.45, 2.75) is 32.9 Å². The SMILES string of the molecule is CCNC(=NCc1ccc(OCc2ccccn2)cc1)N1CCC2(CCOC2)C1. The lowest BCUT2D eigenvalue weighted by atomic mass is 9.87. The van der Waals surface area contributed by atoms with Crippen molar-refractivity contribution < 1.29 is 9.47 Å². The first-order chi connectivity index (χ1) is 14.3. The smallest absolute Gasteiger partial charge is 0.194 e. The Labute approximate surface area is 173 Å². The molecule has 2 aliphatic heterocycles. The van der Waals surface area contributed by atoms with Gasteiger partial charge in [-0.05, 0) is 49.6 Å². The molecule has 0 radical (unpaired) electrons. The highest BCUT2D eigenvalue weighted by Crippen LogP contribution is 2.38. The van der Waals surface area contributed by atoms with Gasteiger partial charge in [-0.1, -0.05) is 18.2 Å². The number of pyridine rings is 1. The zero-order valence-corrected chi connectivity index (χ0v) is 17.1. The van der Waals surface area contributed by atoms with Crippen LogP contribution in [0.3, 0.4) is 0 Å². The number of ether oxygens (including phenoxy) is 2. The molecular formula is C23H30N4O2. The molecule has 0 saturated carbocycles. The predicted molar refractivity (Wildman–Crippen MR) is 114 cm³/mol. The van der Waals surface area contributed by atoms with E-state index in [1.807, 2.05) is 30.3 Å². The maximum atomic E-state index is 5.82. The minimum Gasteiger partial charge on any atom is -0.487 e. The molecule has 1 atom stereocenters. The van der Waals surface area contributed by atoms with Gasteiger partial charge in [-0.2, -0.15) is 0 Å². The van der Waals surface area contributed by atoms with E-state index in [0.717, 1.165) is 50.3 Å². The number of aromatic nitrogens is 1. The number of nitrogens with zero attached hydrogens (tertiary/aromatic N) is 3. The minimum absolute atomic E-state index is 0.336. The van der Waals surface area contributed by atoms with Crippen molar-refractivity contribution in [3.63, 3.8) is 0 Å². The van der Waals surface area contributed by atoms with Gasteiger partial charge in [-0.25, -0.2) is 4.99 Å². The topological polar surface area (TPSA) is 59.0 Å². The zero-order valence-electron chi connectivity index (χ0n) is 17.1. The van der Waals surface area contributed by atoms with Gasteiger partial charge in [-0.15, -0.1) is 0 Å². The number of benzene rings is 1. The van der Waals surface area contributed by atoms with E-state index in [4.69, 9.17) is 14.5 Å². The Balaban J connectivity index is 1.33. The van der Waals surface area contributed by atoms with Crippen LogP contribution in [0.4, 0.5) is 0 Å².